The first kappa shape index (κ1) is 16.3. The van der Waals surface area contributed by atoms with Crippen LogP contribution in [0.5, 0.6) is 5.75 Å². The maximum absolute atomic E-state index is 12.5. The van der Waals surface area contributed by atoms with E-state index in [0.717, 1.165) is 11.4 Å². The number of benzene rings is 1. The zero-order chi connectivity index (χ0) is 16.1. The van der Waals surface area contributed by atoms with Crippen molar-refractivity contribution in [2.45, 2.75) is 19.9 Å². The first-order valence-electron chi connectivity index (χ1n) is 7.42. The van der Waals surface area contributed by atoms with Crippen LogP contribution in [0.3, 0.4) is 0 Å². The molecule has 2 rings (SSSR count). The number of amides is 1. The van der Waals surface area contributed by atoms with E-state index in [2.05, 4.69) is 0 Å². The molecule has 1 atom stereocenters. The van der Waals surface area contributed by atoms with Crippen molar-refractivity contribution in [3.8, 4) is 5.75 Å². The van der Waals surface area contributed by atoms with E-state index in [-0.39, 0.29) is 24.5 Å². The molecule has 0 spiro atoms. The third-order valence-corrected chi connectivity index (χ3v) is 3.80. The molecular formula is C16H22N2O4. The van der Waals surface area contributed by atoms with Crippen LogP contribution in [0.1, 0.15) is 13.8 Å². The Hall–Kier alpha value is -2.08. The van der Waals surface area contributed by atoms with Gasteiger partial charge in [-0.2, -0.15) is 0 Å². The van der Waals surface area contributed by atoms with E-state index in [4.69, 9.17) is 9.47 Å². The summed E-state index contributed by atoms with van der Waals surface area (Å²) < 4.78 is 10.1. The van der Waals surface area contributed by atoms with Crippen LogP contribution < -0.4 is 9.64 Å². The zero-order valence-electron chi connectivity index (χ0n) is 13.2. The predicted molar refractivity (Wildman–Crippen MR) is 83.0 cm³/mol. The number of esters is 1. The number of hydrogen-bond acceptors (Lipinski definition) is 5. The van der Waals surface area contributed by atoms with Crippen molar-refractivity contribution in [1.29, 1.82) is 0 Å². The number of piperazine rings is 1. The van der Waals surface area contributed by atoms with Crippen LogP contribution in [-0.4, -0.2) is 56.2 Å². The Morgan fingerprint density at radius 2 is 1.95 bits per heavy atom. The van der Waals surface area contributed by atoms with Gasteiger partial charge in [0, 0.05) is 18.8 Å². The van der Waals surface area contributed by atoms with Gasteiger partial charge >= 0.3 is 5.97 Å². The molecule has 1 aromatic rings. The summed E-state index contributed by atoms with van der Waals surface area (Å²) in [5.41, 5.74) is 0.841. The number of carbonyl (C=O) groups is 2. The minimum Gasteiger partial charge on any atom is -0.497 e. The first-order chi connectivity index (χ1) is 10.6. The lowest BCUT2D eigenvalue weighted by Gasteiger charge is -2.38. The number of ether oxygens (including phenoxy) is 2. The summed E-state index contributed by atoms with van der Waals surface area (Å²) in [6.45, 7) is 5.28. The third kappa shape index (κ3) is 3.57. The maximum Gasteiger partial charge on any atom is 0.320 e. The number of hydrogen-bond donors (Lipinski definition) is 0. The number of methoxy groups -OCH3 is 1. The van der Waals surface area contributed by atoms with Crippen molar-refractivity contribution in [3.63, 3.8) is 0 Å². The molecule has 1 aliphatic heterocycles. The Labute approximate surface area is 130 Å². The summed E-state index contributed by atoms with van der Waals surface area (Å²) in [5.74, 6) is 0.450. The van der Waals surface area contributed by atoms with Crippen LogP contribution in [0.2, 0.25) is 0 Å². The summed E-state index contributed by atoms with van der Waals surface area (Å²) in [5, 5.41) is 0. The lowest BCUT2D eigenvalue weighted by Crippen LogP contribution is -2.57. The molecule has 6 heteroatoms. The summed E-state index contributed by atoms with van der Waals surface area (Å²) in [6.07, 6.45) is 0. The normalized spacial score (nSPS) is 19.1. The largest absolute Gasteiger partial charge is 0.497 e. The van der Waals surface area contributed by atoms with Gasteiger partial charge < -0.3 is 14.4 Å². The molecule has 0 aliphatic carbocycles. The number of anilines is 1. The Kier molecular flexibility index (Phi) is 5.38. The number of carbonyl (C=O) groups excluding carboxylic acids is 2. The van der Waals surface area contributed by atoms with Gasteiger partial charge in [-0.15, -0.1) is 0 Å². The molecule has 1 aromatic carbocycles. The summed E-state index contributed by atoms with van der Waals surface area (Å²) in [4.78, 5) is 27.7. The average Bonchev–Trinajstić information content (AvgIpc) is 2.52. The minimum absolute atomic E-state index is 0.0132. The second kappa shape index (κ2) is 7.26. The smallest absolute Gasteiger partial charge is 0.320 e. The highest BCUT2D eigenvalue weighted by Gasteiger charge is 2.33. The molecule has 1 saturated heterocycles. The van der Waals surface area contributed by atoms with E-state index in [1.807, 2.05) is 36.1 Å². The van der Waals surface area contributed by atoms with Crippen LogP contribution in [0.15, 0.2) is 24.3 Å². The van der Waals surface area contributed by atoms with Crippen LogP contribution in [0, 0.1) is 0 Å². The zero-order valence-corrected chi connectivity index (χ0v) is 13.2. The molecule has 1 fully saturated rings. The monoisotopic (exact) mass is 306 g/mol. The van der Waals surface area contributed by atoms with Gasteiger partial charge in [0.25, 0.3) is 0 Å². The molecule has 0 saturated carbocycles. The molecule has 0 radical (unpaired) electrons. The Morgan fingerprint density at radius 3 is 2.55 bits per heavy atom. The molecule has 1 heterocycles. The van der Waals surface area contributed by atoms with E-state index in [1.165, 1.54) is 0 Å². The molecule has 120 valence electrons. The highest BCUT2D eigenvalue weighted by atomic mass is 16.5. The molecule has 6 nitrogen and oxygen atoms in total. The van der Waals surface area contributed by atoms with Gasteiger partial charge in [0.1, 0.15) is 5.75 Å². The van der Waals surface area contributed by atoms with E-state index in [9.17, 15) is 9.59 Å². The quantitative estimate of drug-likeness (QED) is 0.767. The van der Waals surface area contributed by atoms with Crippen molar-refractivity contribution >= 4 is 17.6 Å². The average molecular weight is 306 g/mol. The van der Waals surface area contributed by atoms with Gasteiger partial charge in [-0.1, -0.05) is 0 Å². The topological polar surface area (TPSA) is 59.1 Å². The molecule has 22 heavy (non-hydrogen) atoms. The Bertz CT molecular complexity index is 529. The molecule has 0 bridgehead atoms. The van der Waals surface area contributed by atoms with Gasteiger partial charge in [0.15, 0.2) is 0 Å². The third-order valence-electron chi connectivity index (χ3n) is 3.80. The fourth-order valence-corrected chi connectivity index (χ4v) is 2.52. The molecule has 0 unspecified atom stereocenters. The minimum atomic E-state index is -0.347. The van der Waals surface area contributed by atoms with Crippen molar-refractivity contribution < 1.29 is 19.1 Å². The van der Waals surface area contributed by atoms with Crippen molar-refractivity contribution in [3.05, 3.63) is 24.3 Å². The van der Waals surface area contributed by atoms with E-state index < -0.39 is 0 Å². The fourth-order valence-electron chi connectivity index (χ4n) is 2.52. The van der Waals surface area contributed by atoms with Gasteiger partial charge in [0.05, 0.1) is 26.3 Å². The summed E-state index contributed by atoms with van der Waals surface area (Å²) in [7, 11) is 1.61. The van der Waals surface area contributed by atoms with Crippen LogP contribution in [0.4, 0.5) is 5.69 Å². The molecule has 1 amide bonds. The van der Waals surface area contributed by atoms with Crippen molar-refractivity contribution in [2.24, 2.45) is 0 Å². The van der Waals surface area contributed by atoms with E-state index in [1.54, 1.807) is 18.9 Å². The Morgan fingerprint density at radius 1 is 1.27 bits per heavy atom. The fraction of sp³-hybridized carbons (Fsp3) is 0.500. The second-order valence-corrected chi connectivity index (χ2v) is 5.14. The van der Waals surface area contributed by atoms with Crippen LogP contribution in [-0.2, 0) is 14.3 Å². The van der Waals surface area contributed by atoms with E-state index >= 15 is 0 Å². The Balaban J connectivity index is 2.03. The second-order valence-electron chi connectivity index (χ2n) is 5.14. The standard InChI is InChI=1S/C16H22N2O4/c1-4-22-15(19)11-17-9-10-18(16(20)12(17)2)13-5-7-14(21-3)8-6-13/h5-8,12H,4,9-11H2,1-3H3/t12-/m0/s1. The van der Waals surface area contributed by atoms with Gasteiger partial charge in [0.2, 0.25) is 5.91 Å². The number of rotatable bonds is 5. The van der Waals surface area contributed by atoms with Gasteiger partial charge in [-0.25, -0.2) is 0 Å². The van der Waals surface area contributed by atoms with Crippen molar-refractivity contribution in [1.82, 2.24) is 4.90 Å². The summed E-state index contributed by atoms with van der Waals surface area (Å²) >= 11 is 0. The highest BCUT2D eigenvalue weighted by molar-refractivity contribution is 5.98. The van der Waals surface area contributed by atoms with E-state index in [0.29, 0.717) is 19.7 Å². The van der Waals surface area contributed by atoms with Gasteiger partial charge in [-0.3, -0.25) is 14.5 Å². The van der Waals surface area contributed by atoms with Crippen LogP contribution in [0.25, 0.3) is 0 Å². The van der Waals surface area contributed by atoms with Crippen LogP contribution >= 0.6 is 0 Å². The molecule has 0 N–H and O–H groups in total. The highest BCUT2D eigenvalue weighted by Crippen LogP contribution is 2.23. The summed E-state index contributed by atoms with van der Waals surface area (Å²) in [6, 6.07) is 7.05. The first-order valence-corrected chi connectivity index (χ1v) is 7.42. The number of nitrogens with zero attached hydrogens (tertiary/aromatic N) is 2. The molecule has 1 aliphatic rings. The SMILES string of the molecule is CCOC(=O)CN1CCN(c2ccc(OC)cc2)C(=O)[C@@H]1C. The maximum atomic E-state index is 12.5. The lowest BCUT2D eigenvalue weighted by atomic mass is 10.1. The predicted octanol–water partition coefficient (Wildman–Crippen LogP) is 1.30. The van der Waals surface area contributed by atoms with Gasteiger partial charge in [-0.05, 0) is 38.1 Å². The molecule has 0 aromatic heterocycles. The lowest BCUT2D eigenvalue weighted by molar-refractivity contribution is -0.145. The molecular weight excluding hydrogens is 284 g/mol. The van der Waals surface area contributed by atoms with Crippen molar-refractivity contribution in [2.75, 3.05) is 38.3 Å².